The second kappa shape index (κ2) is 44.3. The quantitative estimate of drug-likeness (QED) is 0.0498. The van der Waals surface area contributed by atoms with Crippen LogP contribution < -0.4 is 0 Å². The molecule has 0 aliphatic heterocycles. The van der Waals surface area contributed by atoms with E-state index in [1.165, 1.54) is 212 Å². The van der Waals surface area contributed by atoms with Crippen molar-refractivity contribution in [2.45, 2.75) is 277 Å². The Hall–Kier alpha value is -1.10. The summed E-state index contributed by atoms with van der Waals surface area (Å²) in [6.07, 6.45) is 50.4. The minimum Gasteiger partial charge on any atom is -0.462 e. The summed E-state index contributed by atoms with van der Waals surface area (Å²) < 4.78 is 10.7. The second-order valence-electron chi connectivity index (χ2n) is 16.2. The van der Waals surface area contributed by atoms with Gasteiger partial charge in [-0.25, -0.2) is 0 Å². The standard InChI is InChI=1S/C47H92O5/c1-3-5-7-9-11-13-15-17-19-21-23-25-27-29-31-33-35-37-39-41-46(49)51-44-45(43-48)52-47(50)42-40-38-36-34-32-30-28-26-24-22-20-18-16-14-12-10-8-6-4-2/h45,48H,3-44H2,1-2H3/t45-/m0/s1. The summed E-state index contributed by atoms with van der Waals surface area (Å²) in [5.41, 5.74) is 0. The minimum atomic E-state index is -0.762. The fourth-order valence-electron chi connectivity index (χ4n) is 7.32. The van der Waals surface area contributed by atoms with Crippen LogP contribution in [0.2, 0.25) is 0 Å². The highest BCUT2D eigenvalue weighted by molar-refractivity contribution is 5.70. The predicted molar refractivity (Wildman–Crippen MR) is 224 cm³/mol. The number of hydrogen-bond donors (Lipinski definition) is 1. The van der Waals surface area contributed by atoms with Crippen LogP contribution in [0.1, 0.15) is 271 Å². The van der Waals surface area contributed by atoms with Crippen LogP contribution in [0.5, 0.6) is 0 Å². The molecule has 0 aliphatic carbocycles. The van der Waals surface area contributed by atoms with Gasteiger partial charge >= 0.3 is 11.9 Å². The Morgan fingerprint density at radius 1 is 0.365 bits per heavy atom. The van der Waals surface area contributed by atoms with Gasteiger partial charge in [-0.1, -0.05) is 245 Å². The number of carbonyl (C=O) groups is 2. The van der Waals surface area contributed by atoms with Crippen molar-refractivity contribution in [1.82, 2.24) is 0 Å². The summed E-state index contributed by atoms with van der Waals surface area (Å²) in [7, 11) is 0. The molecule has 0 aromatic rings. The van der Waals surface area contributed by atoms with Gasteiger partial charge in [0.15, 0.2) is 6.10 Å². The highest BCUT2D eigenvalue weighted by atomic mass is 16.6. The normalized spacial score (nSPS) is 12.0. The van der Waals surface area contributed by atoms with Gasteiger partial charge in [-0.2, -0.15) is 0 Å². The van der Waals surface area contributed by atoms with Crippen LogP contribution >= 0.6 is 0 Å². The van der Waals surface area contributed by atoms with Crippen molar-refractivity contribution in [2.24, 2.45) is 0 Å². The fourth-order valence-corrected chi connectivity index (χ4v) is 7.32. The second-order valence-corrected chi connectivity index (χ2v) is 16.2. The molecule has 0 bridgehead atoms. The summed E-state index contributed by atoms with van der Waals surface area (Å²) in [4.78, 5) is 24.4. The van der Waals surface area contributed by atoms with Gasteiger partial charge in [0.1, 0.15) is 6.61 Å². The Morgan fingerprint density at radius 3 is 0.846 bits per heavy atom. The zero-order chi connectivity index (χ0) is 37.8. The molecule has 0 unspecified atom stereocenters. The zero-order valence-corrected chi connectivity index (χ0v) is 35.4. The van der Waals surface area contributed by atoms with E-state index in [1.807, 2.05) is 0 Å². The average Bonchev–Trinajstić information content (AvgIpc) is 3.15. The van der Waals surface area contributed by atoms with Crippen molar-refractivity contribution in [3.05, 3.63) is 0 Å². The Labute approximate surface area is 325 Å². The number of hydrogen-bond acceptors (Lipinski definition) is 5. The monoisotopic (exact) mass is 737 g/mol. The smallest absolute Gasteiger partial charge is 0.306 e. The van der Waals surface area contributed by atoms with Crippen molar-refractivity contribution in [3.8, 4) is 0 Å². The molecule has 0 spiro atoms. The molecular weight excluding hydrogens is 645 g/mol. The van der Waals surface area contributed by atoms with E-state index in [9.17, 15) is 14.7 Å². The number of unbranched alkanes of at least 4 members (excludes halogenated alkanes) is 36. The van der Waals surface area contributed by atoms with E-state index < -0.39 is 6.10 Å². The summed E-state index contributed by atoms with van der Waals surface area (Å²) in [6, 6.07) is 0. The lowest BCUT2D eigenvalue weighted by atomic mass is 10.0. The molecule has 52 heavy (non-hydrogen) atoms. The van der Waals surface area contributed by atoms with Gasteiger partial charge in [0, 0.05) is 12.8 Å². The predicted octanol–water partition coefficient (Wildman–Crippen LogP) is 15.1. The first-order chi connectivity index (χ1) is 25.6. The van der Waals surface area contributed by atoms with Crippen LogP contribution in [0.3, 0.4) is 0 Å². The number of aliphatic hydroxyl groups is 1. The maximum Gasteiger partial charge on any atom is 0.306 e. The lowest BCUT2D eigenvalue weighted by Gasteiger charge is -2.15. The van der Waals surface area contributed by atoms with Crippen LogP contribution in [0.4, 0.5) is 0 Å². The molecule has 0 radical (unpaired) electrons. The van der Waals surface area contributed by atoms with Crippen LogP contribution in [0, 0.1) is 0 Å². The van der Waals surface area contributed by atoms with Crippen molar-refractivity contribution < 1.29 is 24.2 Å². The molecule has 0 saturated carbocycles. The van der Waals surface area contributed by atoms with E-state index >= 15 is 0 Å². The van der Waals surface area contributed by atoms with Gasteiger partial charge in [-0.05, 0) is 12.8 Å². The molecule has 310 valence electrons. The fraction of sp³-hybridized carbons (Fsp3) is 0.957. The first-order valence-corrected chi connectivity index (χ1v) is 23.6. The Morgan fingerprint density at radius 2 is 0.596 bits per heavy atom. The highest BCUT2D eigenvalue weighted by Crippen LogP contribution is 2.17. The Balaban J connectivity index is 3.44. The molecule has 0 aliphatic rings. The zero-order valence-electron chi connectivity index (χ0n) is 35.4. The van der Waals surface area contributed by atoms with E-state index in [2.05, 4.69) is 13.8 Å². The highest BCUT2D eigenvalue weighted by Gasteiger charge is 2.16. The van der Waals surface area contributed by atoms with Gasteiger partial charge < -0.3 is 14.6 Å². The minimum absolute atomic E-state index is 0.0562. The van der Waals surface area contributed by atoms with Crippen molar-refractivity contribution in [2.75, 3.05) is 13.2 Å². The first-order valence-electron chi connectivity index (χ1n) is 23.6. The molecule has 0 saturated heterocycles. The molecule has 0 aromatic carbocycles. The molecule has 1 N–H and O–H groups in total. The van der Waals surface area contributed by atoms with Gasteiger partial charge in [-0.15, -0.1) is 0 Å². The van der Waals surface area contributed by atoms with E-state index in [0.717, 1.165) is 32.1 Å². The number of ether oxygens (including phenoxy) is 2. The molecule has 5 heteroatoms. The van der Waals surface area contributed by atoms with Gasteiger partial charge in [-0.3, -0.25) is 9.59 Å². The third-order valence-corrected chi connectivity index (χ3v) is 10.9. The van der Waals surface area contributed by atoms with E-state index in [-0.39, 0.29) is 25.2 Å². The maximum absolute atomic E-state index is 12.2. The average molecular weight is 737 g/mol. The third kappa shape index (κ3) is 41.7. The molecule has 0 amide bonds. The van der Waals surface area contributed by atoms with E-state index in [4.69, 9.17) is 9.47 Å². The largest absolute Gasteiger partial charge is 0.462 e. The molecular formula is C47H92O5. The maximum atomic E-state index is 12.2. The number of carbonyl (C=O) groups excluding carboxylic acids is 2. The van der Waals surface area contributed by atoms with Crippen molar-refractivity contribution in [3.63, 3.8) is 0 Å². The van der Waals surface area contributed by atoms with Gasteiger partial charge in [0.05, 0.1) is 6.61 Å². The van der Waals surface area contributed by atoms with Crippen LogP contribution in [0.15, 0.2) is 0 Å². The van der Waals surface area contributed by atoms with Gasteiger partial charge in [0.25, 0.3) is 0 Å². The number of rotatable bonds is 44. The summed E-state index contributed by atoms with van der Waals surface area (Å²) in [5.74, 6) is -0.568. The first kappa shape index (κ1) is 50.9. The SMILES string of the molecule is CCCCCCCCCCCCCCCCCCCCCC(=O)OC[C@H](CO)OC(=O)CCCCCCCCCCCCCCCCCCCCC. The summed E-state index contributed by atoms with van der Waals surface area (Å²) in [6.45, 7) is 4.19. The van der Waals surface area contributed by atoms with Crippen molar-refractivity contribution >= 4 is 11.9 Å². The van der Waals surface area contributed by atoms with Crippen molar-refractivity contribution in [1.29, 1.82) is 0 Å². The van der Waals surface area contributed by atoms with Crippen LogP contribution in [0.25, 0.3) is 0 Å². The molecule has 0 aromatic heterocycles. The molecule has 0 heterocycles. The molecule has 0 rings (SSSR count). The summed E-state index contributed by atoms with van der Waals surface area (Å²) >= 11 is 0. The third-order valence-electron chi connectivity index (χ3n) is 10.9. The molecule has 5 nitrogen and oxygen atoms in total. The van der Waals surface area contributed by atoms with E-state index in [1.54, 1.807) is 0 Å². The number of esters is 2. The van der Waals surface area contributed by atoms with Gasteiger partial charge in [0.2, 0.25) is 0 Å². The van der Waals surface area contributed by atoms with E-state index in [0.29, 0.717) is 12.8 Å². The topological polar surface area (TPSA) is 72.8 Å². The lowest BCUT2D eigenvalue weighted by Crippen LogP contribution is -2.28. The van der Waals surface area contributed by atoms with Crippen LogP contribution in [-0.2, 0) is 19.1 Å². The van der Waals surface area contributed by atoms with Crippen LogP contribution in [-0.4, -0.2) is 36.4 Å². The lowest BCUT2D eigenvalue weighted by molar-refractivity contribution is -0.161. The molecule has 1 atom stereocenters. The molecule has 0 fully saturated rings. The summed E-state index contributed by atoms with van der Waals surface area (Å²) in [5, 5.41) is 9.60. The Bertz CT molecular complexity index is 710. The number of aliphatic hydroxyl groups excluding tert-OH is 1. The Kier molecular flexibility index (Phi) is 43.4.